The summed E-state index contributed by atoms with van der Waals surface area (Å²) in [4.78, 5) is 0. The number of hydrogen-bond acceptors (Lipinski definition) is 1. The second kappa shape index (κ2) is 3.11. The third-order valence-corrected chi connectivity index (χ3v) is 2.27. The zero-order chi connectivity index (χ0) is 8.39. The Balaban J connectivity index is 2.33. The highest BCUT2D eigenvalue weighted by atomic mass is 16.5. The van der Waals surface area contributed by atoms with Gasteiger partial charge in [-0.15, -0.1) is 0 Å². The Morgan fingerprint density at radius 3 is 3.00 bits per heavy atom. The molecule has 1 nitrogen and oxygen atoms in total. The lowest BCUT2D eigenvalue weighted by Gasteiger charge is -2.17. The number of hydrogen-bond donors (Lipinski definition) is 0. The van der Waals surface area contributed by atoms with Gasteiger partial charge in [-0.1, -0.05) is 36.4 Å². The summed E-state index contributed by atoms with van der Waals surface area (Å²) in [6.07, 6.45) is 5.51. The molecule has 62 valence electrons. The maximum absolute atomic E-state index is 5.26. The van der Waals surface area contributed by atoms with Gasteiger partial charge in [0.2, 0.25) is 0 Å². The van der Waals surface area contributed by atoms with Crippen LogP contribution in [0.15, 0.2) is 30.3 Å². The molecule has 0 aliphatic heterocycles. The van der Waals surface area contributed by atoms with Gasteiger partial charge in [-0.3, -0.25) is 0 Å². The molecular weight excluding hydrogens is 148 g/mol. The molecule has 0 fully saturated rings. The second-order valence-electron chi connectivity index (χ2n) is 3.04. The largest absolute Gasteiger partial charge is 0.377 e. The zero-order valence-electron chi connectivity index (χ0n) is 7.16. The van der Waals surface area contributed by atoms with Crippen LogP contribution in [0, 0.1) is 0 Å². The molecule has 1 unspecified atom stereocenters. The number of fused-ring (bicyclic) bond motifs is 1. The molecule has 1 aromatic rings. The number of methoxy groups -OCH3 is 1. The molecule has 1 aliphatic carbocycles. The maximum Gasteiger partial charge on any atom is 0.0795 e. The summed E-state index contributed by atoms with van der Waals surface area (Å²) >= 11 is 0. The van der Waals surface area contributed by atoms with Crippen LogP contribution in [0.1, 0.15) is 11.1 Å². The topological polar surface area (TPSA) is 9.23 Å². The van der Waals surface area contributed by atoms with Crippen molar-refractivity contribution in [2.75, 3.05) is 7.11 Å². The van der Waals surface area contributed by atoms with Crippen LogP contribution in [0.25, 0.3) is 6.08 Å². The summed E-state index contributed by atoms with van der Waals surface area (Å²) in [5, 5.41) is 0. The number of benzene rings is 1. The lowest BCUT2D eigenvalue weighted by molar-refractivity contribution is 0.141. The molecule has 2 rings (SSSR count). The van der Waals surface area contributed by atoms with E-state index < -0.39 is 0 Å². The standard InChI is InChI=1S/C11H12O/c1-12-11-7-6-9-4-2-3-5-10(9)8-11/h2-7,11H,8H2,1H3. The van der Waals surface area contributed by atoms with Crippen LogP contribution < -0.4 is 0 Å². The van der Waals surface area contributed by atoms with Crippen molar-refractivity contribution in [3.05, 3.63) is 41.5 Å². The van der Waals surface area contributed by atoms with E-state index in [1.165, 1.54) is 11.1 Å². The quantitative estimate of drug-likeness (QED) is 0.612. The Hall–Kier alpha value is -1.08. The van der Waals surface area contributed by atoms with Gasteiger partial charge in [0.1, 0.15) is 0 Å². The van der Waals surface area contributed by atoms with Crippen molar-refractivity contribution in [1.29, 1.82) is 0 Å². The minimum Gasteiger partial charge on any atom is -0.377 e. The van der Waals surface area contributed by atoms with Crippen molar-refractivity contribution in [2.24, 2.45) is 0 Å². The van der Waals surface area contributed by atoms with Gasteiger partial charge in [-0.2, -0.15) is 0 Å². The molecule has 0 aromatic heterocycles. The molecule has 0 spiro atoms. The van der Waals surface area contributed by atoms with E-state index in [9.17, 15) is 0 Å². The summed E-state index contributed by atoms with van der Waals surface area (Å²) in [5.74, 6) is 0. The monoisotopic (exact) mass is 160 g/mol. The summed E-state index contributed by atoms with van der Waals surface area (Å²) in [6.45, 7) is 0. The van der Waals surface area contributed by atoms with Crippen LogP contribution >= 0.6 is 0 Å². The predicted molar refractivity (Wildman–Crippen MR) is 50.0 cm³/mol. The Morgan fingerprint density at radius 2 is 2.17 bits per heavy atom. The van der Waals surface area contributed by atoms with E-state index in [4.69, 9.17) is 4.74 Å². The Bertz CT molecular complexity index is 302. The van der Waals surface area contributed by atoms with E-state index in [-0.39, 0.29) is 6.10 Å². The predicted octanol–water partition coefficient (Wildman–Crippen LogP) is 2.27. The Kier molecular flexibility index (Phi) is 1.96. The van der Waals surface area contributed by atoms with Gasteiger partial charge in [-0.05, 0) is 11.1 Å². The SMILES string of the molecule is COC1C=Cc2ccccc2C1. The highest BCUT2D eigenvalue weighted by molar-refractivity contribution is 5.57. The second-order valence-corrected chi connectivity index (χ2v) is 3.04. The molecule has 0 N–H and O–H groups in total. The van der Waals surface area contributed by atoms with Crippen molar-refractivity contribution < 1.29 is 4.74 Å². The minimum absolute atomic E-state index is 0.264. The molecule has 0 saturated heterocycles. The molecule has 12 heavy (non-hydrogen) atoms. The summed E-state index contributed by atoms with van der Waals surface area (Å²) in [6, 6.07) is 8.43. The van der Waals surface area contributed by atoms with Gasteiger partial charge in [0, 0.05) is 13.5 Å². The van der Waals surface area contributed by atoms with Crippen molar-refractivity contribution in [3.8, 4) is 0 Å². The van der Waals surface area contributed by atoms with E-state index in [2.05, 4.69) is 36.4 Å². The molecular formula is C11H12O. The summed E-state index contributed by atoms with van der Waals surface area (Å²) < 4.78 is 5.26. The van der Waals surface area contributed by atoms with Gasteiger partial charge in [0.05, 0.1) is 6.10 Å². The van der Waals surface area contributed by atoms with Gasteiger partial charge in [0.25, 0.3) is 0 Å². The van der Waals surface area contributed by atoms with Crippen molar-refractivity contribution in [2.45, 2.75) is 12.5 Å². The molecule has 1 heteroatoms. The van der Waals surface area contributed by atoms with Gasteiger partial charge >= 0.3 is 0 Å². The lowest BCUT2D eigenvalue weighted by Crippen LogP contribution is -2.14. The average molecular weight is 160 g/mol. The molecule has 0 amide bonds. The van der Waals surface area contributed by atoms with Crippen molar-refractivity contribution >= 4 is 6.08 Å². The van der Waals surface area contributed by atoms with Gasteiger partial charge < -0.3 is 4.74 Å². The first-order chi connectivity index (χ1) is 5.90. The lowest BCUT2D eigenvalue weighted by atomic mass is 9.96. The van der Waals surface area contributed by atoms with E-state index in [0.29, 0.717) is 0 Å². The molecule has 1 aliphatic rings. The first-order valence-corrected chi connectivity index (χ1v) is 4.19. The van der Waals surface area contributed by atoms with Gasteiger partial charge in [0.15, 0.2) is 0 Å². The van der Waals surface area contributed by atoms with Crippen LogP contribution in [0.4, 0.5) is 0 Å². The molecule has 0 saturated carbocycles. The van der Waals surface area contributed by atoms with Crippen LogP contribution in [0.2, 0.25) is 0 Å². The van der Waals surface area contributed by atoms with E-state index >= 15 is 0 Å². The Labute approximate surface area is 72.7 Å². The van der Waals surface area contributed by atoms with Crippen LogP contribution in [0.5, 0.6) is 0 Å². The van der Waals surface area contributed by atoms with Crippen LogP contribution in [0.3, 0.4) is 0 Å². The van der Waals surface area contributed by atoms with E-state index in [0.717, 1.165) is 6.42 Å². The normalized spacial score (nSPS) is 20.6. The Morgan fingerprint density at radius 1 is 1.33 bits per heavy atom. The average Bonchev–Trinajstić information content (AvgIpc) is 2.17. The first kappa shape index (κ1) is 7.56. The van der Waals surface area contributed by atoms with E-state index in [1.807, 2.05) is 0 Å². The number of ether oxygens (including phenoxy) is 1. The molecule has 0 radical (unpaired) electrons. The fraction of sp³-hybridized carbons (Fsp3) is 0.273. The summed E-state index contributed by atoms with van der Waals surface area (Å²) in [7, 11) is 1.75. The third-order valence-electron chi connectivity index (χ3n) is 2.27. The fourth-order valence-electron chi connectivity index (χ4n) is 1.54. The molecule has 0 heterocycles. The van der Waals surface area contributed by atoms with Crippen LogP contribution in [-0.2, 0) is 11.2 Å². The molecule has 0 bridgehead atoms. The molecule has 1 atom stereocenters. The smallest absolute Gasteiger partial charge is 0.0795 e. The third kappa shape index (κ3) is 1.28. The first-order valence-electron chi connectivity index (χ1n) is 4.19. The number of rotatable bonds is 1. The zero-order valence-corrected chi connectivity index (χ0v) is 7.16. The highest BCUT2D eigenvalue weighted by Crippen LogP contribution is 2.19. The maximum atomic E-state index is 5.26. The minimum atomic E-state index is 0.264. The highest BCUT2D eigenvalue weighted by Gasteiger charge is 2.11. The van der Waals surface area contributed by atoms with Crippen LogP contribution in [-0.4, -0.2) is 13.2 Å². The van der Waals surface area contributed by atoms with E-state index in [1.54, 1.807) is 7.11 Å². The molecule has 1 aromatic carbocycles. The van der Waals surface area contributed by atoms with Crippen molar-refractivity contribution in [3.63, 3.8) is 0 Å². The fourth-order valence-corrected chi connectivity index (χ4v) is 1.54. The van der Waals surface area contributed by atoms with Crippen molar-refractivity contribution in [1.82, 2.24) is 0 Å². The van der Waals surface area contributed by atoms with Gasteiger partial charge in [-0.25, -0.2) is 0 Å². The summed E-state index contributed by atoms with van der Waals surface area (Å²) in [5.41, 5.74) is 2.71.